The van der Waals surface area contributed by atoms with Crippen LogP contribution < -0.4 is 10.6 Å². The van der Waals surface area contributed by atoms with E-state index in [0.717, 1.165) is 4.90 Å². The molecule has 0 saturated carbocycles. The minimum Gasteiger partial charge on any atom is -0.465 e. The van der Waals surface area contributed by atoms with E-state index in [1.54, 1.807) is 0 Å². The number of carbonyl (C=O) groups excluding carboxylic acids is 6. The Bertz CT molecular complexity index is 887. The van der Waals surface area contributed by atoms with Crippen LogP contribution in [0.1, 0.15) is 10.4 Å². The number of imide groups is 2. The molecule has 0 spiro atoms. The first-order valence-corrected chi connectivity index (χ1v) is 9.58. The summed E-state index contributed by atoms with van der Waals surface area (Å²) in [6, 6.07) is 5.85. The Morgan fingerprint density at radius 1 is 1.11 bits per heavy atom. The Labute approximate surface area is 166 Å². The summed E-state index contributed by atoms with van der Waals surface area (Å²) in [6.45, 7) is -0.535. The van der Waals surface area contributed by atoms with E-state index < -0.39 is 51.2 Å². The van der Waals surface area contributed by atoms with Gasteiger partial charge >= 0.3 is 5.97 Å². The first-order chi connectivity index (χ1) is 13.3. The third kappa shape index (κ3) is 4.02. The second-order valence-corrected chi connectivity index (χ2v) is 7.87. The molecule has 0 bridgehead atoms. The highest BCUT2D eigenvalue weighted by Gasteiger charge is 2.50. The molecule has 5 amide bonds. The number of ether oxygens (including phenoxy) is 1. The molecule has 0 aromatic heterocycles. The highest BCUT2D eigenvalue weighted by atomic mass is 32.2. The van der Waals surface area contributed by atoms with Gasteiger partial charge in [-0.25, -0.2) is 4.79 Å². The number of nitrogens with one attached hydrogen (secondary N) is 2. The van der Waals surface area contributed by atoms with Crippen LogP contribution in [0.2, 0.25) is 0 Å². The average Bonchev–Trinajstić information content (AvgIpc) is 3.14. The lowest BCUT2D eigenvalue weighted by Gasteiger charge is -2.15. The second-order valence-electron chi connectivity index (χ2n) is 5.66. The molecule has 2 fully saturated rings. The molecule has 0 aliphatic carbocycles. The average molecular weight is 423 g/mol. The SMILES string of the molecule is COC(=O)c1ccc(NC(=O)CN2C(=O)S[C@H]([C@@H]3SC(=O)NC3=O)C2=O)cc1. The molecule has 28 heavy (non-hydrogen) atoms. The van der Waals surface area contributed by atoms with Crippen molar-refractivity contribution in [1.29, 1.82) is 0 Å². The van der Waals surface area contributed by atoms with Crippen LogP contribution in [0.4, 0.5) is 15.3 Å². The summed E-state index contributed by atoms with van der Waals surface area (Å²) in [5.41, 5.74) is 0.656. The first-order valence-electron chi connectivity index (χ1n) is 7.82. The van der Waals surface area contributed by atoms with E-state index >= 15 is 0 Å². The highest BCUT2D eigenvalue weighted by molar-refractivity contribution is 8.19. The molecule has 2 heterocycles. The molecule has 10 nitrogen and oxygen atoms in total. The zero-order valence-corrected chi connectivity index (χ0v) is 15.9. The maximum atomic E-state index is 12.4. The van der Waals surface area contributed by atoms with Gasteiger partial charge in [-0.1, -0.05) is 0 Å². The number of esters is 1. The predicted octanol–water partition coefficient (Wildman–Crippen LogP) is 0.827. The van der Waals surface area contributed by atoms with Crippen molar-refractivity contribution in [1.82, 2.24) is 10.2 Å². The van der Waals surface area contributed by atoms with Crippen LogP contribution in [0, 0.1) is 0 Å². The maximum Gasteiger partial charge on any atom is 0.337 e. The third-order valence-electron chi connectivity index (χ3n) is 3.84. The van der Waals surface area contributed by atoms with Crippen molar-refractivity contribution < 1.29 is 33.5 Å². The molecule has 2 aliphatic heterocycles. The molecule has 146 valence electrons. The Kier molecular flexibility index (Phi) is 5.70. The number of benzene rings is 1. The Hall–Kier alpha value is -2.86. The number of rotatable bonds is 5. The van der Waals surface area contributed by atoms with Gasteiger partial charge in [0.05, 0.1) is 12.7 Å². The number of thioether (sulfide) groups is 2. The number of nitrogens with zero attached hydrogens (tertiary/aromatic N) is 1. The monoisotopic (exact) mass is 423 g/mol. The van der Waals surface area contributed by atoms with Crippen molar-refractivity contribution in [2.24, 2.45) is 0 Å². The molecule has 2 atom stereocenters. The number of hydrogen-bond acceptors (Lipinski definition) is 9. The topological polar surface area (TPSA) is 139 Å². The van der Waals surface area contributed by atoms with Crippen LogP contribution in [0.3, 0.4) is 0 Å². The molecule has 2 aliphatic rings. The molecule has 1 aromatic carbocycles. The van der Waals surface area contributed by atoms with Gasteiger partial charge in [0.2, 0.25) is 17.7 Å². The van der Waals surface area contributed by atoms with E-state index in [1.165, 1.54) is 31.4 Å². The minimum absolute atomic E-state index is 0.298. The van der Waals surface area contributed by atoms with Gasteiger partial charge in [-0.3, -0.25) is 34.2 Å². The predicted molar refractivity (Wildman–Crippen MR) is 99.8 cm³/mol. The Morgan fingerprint density at radius 3 is 2.36 bits per heavy atom. The van der Waals surface area contributed by atoms with E-state index in [4.69, 9.17) is 0 Å². The highest BCUT2D eigenvalue weighted by Crippen LogP contribution is 2.36. The molecule has 0 radical (unpaired) electrons. The fourth-order valence-corrected chi connectivity index (χ4v) is 4.62. The summed E-state index contributed by atoms with van der Waals surface area (Å²) in [7, 11) is 1.25. The summed E-state index contributed by atoms with van der Waals surface area (Å²) < 4.78 is 4.57. The van der Waals surface area contributed by atoms with E-state index in [-0.39, 0.29) is 0 Å². The fourth-order valence-electron chi connectivity index (χ4n) is 2.52. The quantitative estimate of drug-likeness (QED) is 0.659. The summed E-state index contributed by atoms with van der Waals surface area (Å²) in [4.78, 5) is 71.9. The largest absolute Gasteiger partial charge is 0.465 e. The van der Waals surface area contributed by atoms with E-state index in [0.29, 0.717) is 34.8 Å². The smallest absolute Gasteiger partial charge is 0.337 e. The van der Waals surface area contributed by atoms with Gasteiger partial charge in [-0.15, -0.1) is 0 Å². The maximum absolute atomic E-state index is 12.4. The summed E-state index contributed by atoms with van der Waals surface area (Å²) in [6.07, 6.45) is 0. The van der Waals surface area contributed by atoms with E-state index in [1.807, 2.05) is 0 Å². The zero-order chi connectivity index (χ0) is 20.4. The lowest BCUT2D eigenvalue weighted by atomic mass is 10.2. The Morgan fingerprint density at radius 2 is 1.79 bits per heavy atom. The number of hydrogen-bond donors (Lipinski definition) is 2. The molecular formula is C16H13N3O7S2. The molecule has 0 unspecified atom stereocenters. The van der Waals surface area contributed by atoms with Gasteiger partial charge in [0.15, 0.2) is 0 Å². The van der Waals surface area contributed by atoms with Gasteiger partial charge in [-0.2, -0.15) is 0 Å². The van der Waals surface area contributed by atoms with Crippen molar-refractivity contribution in [3.8, 4) is 0 Å². The number of anilines is 1. The second kappa shape index (κ2) is 8.02. The number of methoxy groups -OCH3 is 1. The van der Waals surface area contributed by atoms with Gasteiger partial charge < -0.3 is 10.1 Å². The van der Waals surface area contributed by atoms with Crippen LogP contribution in [-0.2, 0) is 19.1 Å². The molecule has 3 rings (SSSR count). The van der Waals surface area contributed by atoms with Gasteiger partial charge in [0, 0.05) is 5.69 Å². The first kappa shape index (κ1) is 19.9. The van der Waals surface area contributed by atoms with E-state index in [2.05, 4.69) is 15.4 Å². The minimum atomic E-state index is -1.06. The molecule has 1 aromatic rings. The van der Waals surface area contributed by atoms with Gasteiger partial charge in [-0.05, 0) is 47.8 Å². The standard InChI is InChI=1S/C16H13N3O7S2/c1-26-14(23)7-2-4-8(5-3-7)17-9(20)6-19-13(22)11(28-16(19)25)10-12(21)18-15(24)27-10/h2-5,10-11H,6H2,1H3,(H,17,20)(H,18,21,24)/t10-,11+/m0/s1. The van der Waals surface area contributed by atoms with Crippen molar-refractivity contribution in [3.63, 3.8) is 0 Å². The summed E-state index contributed by atoms with van der Waals surface area (Å²) >= 11 is 1.26. The van der Waals surface area contributed by atoms with Crippen molar-refractivity contribution in [2.75, 3.05) is 19.0 Å². The van der Waals surface area contributed by atoms with Gasteiger partial charge in [0.1, 0.15) is 17.0 Å². The zero-order valence-electron chi connectivity index (χ0n) is 14.3. The van der Waals surface area contributed by atoms with Crippen LogP contribution >= 0.6 is 23.5 Å². The van der Waals surface area contributed by atoms with Crippen LogP contribution in [0.5, 0.6) is 0 Å². The molecule has 12 heteroatoms. The van der Waals surface area contributed by atoms with Crippen LogP contribution in [-0.4, -0.2) is 63.2 Å². The Balaban J connectivity index is 1.61. The van der Waals surface area contributed by atoms with Crippen LogP contribution in [0.25, 0.3) is 0 Å². The number of amides is 5. The lowest BCUT2D eigenvalue weighted by molar-refractivity contribution is -0.131. The fraction of sp³-hybridized carbons (Fsp3) is 0.250. The summed E-state index contributed by atoms with van der Waals surface area (Å²) in [5.74, 6) is -2.49. The third-order valence-corrected chi connectivity index (χ3v) is 6.22. The molecule has 2 N–H and O–H groups in total. The molecule has 2 saturated heterocycles. The van der Waals surface area contributed by atoms with Crippen LogP contribution in [0.15, 0.2) is 24.3 Å². The van der Waals surface area contributed by atoms with E-state index in [9.17, 15) is 28.8 Å². The van der Waals surface area contributed by atoms with Crippen molar-refractivity contribution >= 4 is 63.4 Å². The van der Waals surface area contributed by atoms with Crippen molar-refractivity contribution in [3.05, 3.63) is 29.8 Å². The number of carbonyl (C=O) groups is 6. The van der Waals surface area contributed by atoms with Gasteiger partial charge in [0.25, 0.3) is 10.5 Å². The van der Waals surface area contributed by atoms with Crippen molar-refractivity contribution in [2.45, 2.75) is 10.5 Å². The summed E-state index contributed by atoms with van der Waals surface area (Å²) in [5, 5.41) is 1.26. The lowest BCUT2D eigenvalue weighted by Crippen LogP contribution is -2.42. The molecular weight excluding hydrogens is 410 g/mol. The normalized spacial score (nSPS) is 21.7.